The molecular formula is C29H35BrN4O4. The molecule has 1 fully saturated rings. The SMILES string of the molecule is CN1N=C2CCN(C(=O)C(CCc3ccccc3Br)NC(=O)OC(C)(C)C)C[C@@]2(Cc2ccccc2)C1=O. The molecule has 2 aliphatic heterocycles. The maximum Gasteiger partial charge on any atom is 0.408 e. The second-order valence-electron chi connectivity index (χ2n) is 11.0. The summed E-state index contributed by atoms with van der Waals surface area (Å²) in [4.78, 5) is 41.9. The number of carbonyl (C=O) groups excluding carboxylic acids is 3. The highest BCUT2D eigenvalue weighted by Crippen LogP contribution is 2.38. The third kappa shape index (κ3) is 6.26. The van der Waals surface area contributed by atoms with E-state index in [1.54, 1.807) is 32.7 Å². The molecule has 0 radical (unpaired) electrons. The second kappa shape index (κ2) is 11.3. The Morgan fingerprint density at radius 1 is 1.13 bits per heavy atom. The van der Waals surface area contributed by atoms with Gasteiger partial charge in [0, 0.05) is 31.0 Å². The van der Waals surface area contributed by atoms with E-state index in [1.807, 2.05) is 54.6 Å². The van der Waals surface area contributed by atoms with Crippen molar-refractivity contribution in [2.75, 3.05) is 20.1 Å². The van der Waals surface area contributed by atoms with Crippen molar-refractivity contribution in [3.8, 4) is 0 Å². The third-order valence-electron chi connectivity index (χ3n) is 6.92. The van der Waals surface area contributed by atoms with Crippen LogP contribution in [0.5, 0.6) is 0 Å². The number of nitrogens with one attached hydrogen (secondary N) is 1. The molecule has 202 valence electrons. The van der Waals surface area contributed by atoms with Gasteiger partial charge in [-0.25, -0.2) is 9.80 Å². The zero-order valence-corrected chi connectivity index (χ0v) is 24.0. The lowest BCUT2D eigenvalue weighted by Gasteiger charge is -2.40. The number of benzene rings is 2. The molecule has 2 atom stereocenters. The van der Waals surface area contributed by atoms with Crippen LogP contribution >= 0.6 is 15.9 Å². The summed E-state index contributed by atoms with van der Waals surface area (Å²) >= 11 is 3.57. The maximum absolute atomic E-state index is 14.0. The van der Waals surface area contributed by atoms with Gasteiger partial charge >= 0.3 is 6.09 Å². The highest BCUT2D eigenvalue weighted by molar-refractivity contribution is 9.10. The lowest BCUT2D eigenvalue weighted by molar-refractivity contribution is -0.140. The predicted octanol–water partition coefficient (Wildman–Crippen LogP) is 4.56. The average molecular weight is 584 g/mol. The van der Waals surface area contributed by atoms with E-state index in [0.29, 0.717) is 32.2 Å². The Kier molecular flexibility index (Phi) is 8.25. The molecule has 2 heterocycles. The Labute approximate surface area is 232 Å². The molecule has 1 unspecified atom stereocenters. The Balaban J connectivity index is 1.58. The number of hydrogen-bond acceptors (Lipinski definition) is 5. The first-order valence-electron chi connectivity index (χ1n) is 12.9. The Bertz CT molecular complexity index is 1230. The zero-order valence-electron chi connectivity index (χ0n) is 22.4. The van der Waals surface area contributed by atoms with Crippen LogP contribution in [0.2, 0.25) is 0 Å². The van der Waals surface area contributed by atoms with E-state index in [9.17, 15) is 14.4 Å². The minimum atomic E-state index is -0.914. The number of carbonyl (C=O) groups is 3. The standard InChI is InChI=1S/C29H35BrN4O4/c1-28(2,3)38-27(37)31-23(15-14-21-12-8-9-13-22(21)30)25(35)34-17-16-24-29(19-34,26(36)33(4)32-24)18-20-10-6-5-7-11-20/h5-13,23H,14-19H2,1-4H3,(H,31,37)/t23?,29-/m1/s1. The normalized spacial score (nSPS) is 20.0. The molecule has 1 saturated heterocycles. The monoisotopic (exact) mass is 582 g/mol. The summed E-state index contributed by atoms with van der Waals surface area (Å²) in [6.07, 6.45) is 1.28. The van der Waals surface area contributed by atoms with Crippen LogP contribution in [0, 0.1) is 5.41 Å². The number of piperidine rings is 1. The van der Waals surface area contributed by atoms with Crippen LogP contribution in [0.25, 0.3) is 0 Å². The zero-order chi connectivity index (χ0) is 27.5. The number of alkyl carbamates (subject to hydrolysis) is 1. The molecule has 3 amide bonds. The molecule has 0 aliphatic carbocycles. The highest BCUT2D eigenvalue weighted by Gasteiger charge is 2.53. The molecule has 0 spiro atoms. The molecule has 1 N–H and O–H groups in total. The quantitative estimate of drug-likeness (QED) is 0.518. The lowest BCUT2D eigenvalue weighted by atomic mass is 9.73. The van der Waals surface area contributed by atoms with Gasteiger partial charge in [-0.3, -0.25) is 9.59 Å². The summed E-state index contributed by atoms with van der Waals surface area (Å²) in [5.74, 6) is -0.338. The van der Waals surface area contributed by atoms with Crippen molar-refractivity contribution in [2.45, 2.75) is 58.1 Å². The van der Waals surface area contributed by atoms with Crippen molar-refractivity contribution >= 4 is 39.5 Å². The Morgan fingerprint density at radius 3 is 2.50 bits per heavy atom. The summed E-state index contributed by atoms with van der Waals surface area (Å²) in [6, 6.07) is 16.8. The van der Waals surface area contributed by atoms with E-state index in [2.05, 4.69) is 26.3 Å². The number of hydrazone groups is 1. The topological polar surface area (TPSA) is 91.3 Å². The first-order chi connectivity index (χ1) is 18.0. The first-order valence-corrected chi connectivity index (χ1v) is 13.7. The van der Waals surface area contributed by atoms with Crippen LogP contribution in [0.1, 0.15) is 44.7 Å². The molecule has 9 heteroatoms. The third-order valence-corrected chi connectivity index (χ3v) is 7.69. The van der Waals surface area contributed by atoms with E-state index in [4.69, 9.17) is 4.74 Å². The fourth-order valence-electron chi connectivity index (χ4n) is 5.14. The van der Waals surface area contributed by atoms with E-state index < -0.39 is 23.2 Å². The molecule has 2 aromatic rings. The van der Waals surface area contributed by atoms with Crippen LogP contribution in [-0.2, 0) is 27.2 Å². The summed E-state index contributed by atoms with van der Waals surface area (Å²) in [7, 11) is 1.66. The number of nitrogens with zero attached hydrogens (tertiary/aromatic N) is 3. The van der Waals surface area contributed by atoms with Crippen molar-refractivity contribution < 1.29 is 19.1 Å². The minimum Gasteiger partial charge on any atom is -0.444 e. The summed E-state index contributed by atoms with van der Waals surface area (Å²) < 4.78 is 6.42. The van der Waals surface area contributed by atoms with E-state index in [-0.39, 0.29) is 18.4 Å². The van der Waals surface area contributed by atoms with Gasteiger partial charge in [-0.2, -0.15) is 5.10 Å². The predicted molar refractivity (Wildman–Crippen MR) is 150 cm³/mol. The van der Waals surface area contributed by atoms with Gasteiger partial charge in [0.1, 0.15) is 17.1 Å². The smallest absolute Gasteiger partial charge is 0.408 e. The molecular weight excluding hydrogens is 548 g/mol. The number of rotatable bonds is 7. The fraction of sp³-hybridized carbons (Fsp3) is 0.448. The Hall–Kier alpha value is -3.20. The summed E-state index contributed by atoms with van der Waals surface area (Å²) in [5, 5.41) is 8.75. The van der Waals surface area contributed by atoms with Gasteiger partial charge in [-0.15, -0.1) is 0 Å². The first kappa shape index (κ1) is 27.8. The number of ether oxygens (including phenoxy) is 1. The Morgan fingerprint density at radius 2 is 1.82 bits per heavy atom. The molecule has 38 heavy (non-hydrogen) atoms. The number of hydrogen-bond donors (Lipinski definition) is 1. The van der Waals surface area contributed by atoms with E-state index >= 15 is 0 Å². The lowest BCUT2D eigenvalue weighted by Crippen LogP contribution is -2.59. The number of fused-ring (bicyclic) bond motifs is 1. The minimum absolute atomic E-state index is 0.112. The fourth-order valence-corrected chi connectivity index (χ4v) is 5.63. The number of halogens is 1. The maximum atomic E-state index is 14.0. The molecule has 8 nitrogen and oxygen atoms in total. The van der Waals surface area contributed by atoms with Gasteiger partial charge in [0.2, 0.25) is 5.91 Å². The molecule has 2 aliphatic rings. The van der Waals surface area contributed by atoms with Gasteiger partial charge in [0.15, 0.2) is 0 Å². The van der Waals surface area contributed by atoms with E-state index in [0.717, 1.165) is 21.3 Å². The van der Waals surface area contributed by atoms with Gasteiger partial charge in [-0.1, -0.05) is 64.5 Å². The molecule has 0 aromatic heterocycles. The van der Waals surface area contributed by atoms with Crippen LogP contribution < -0.4 is 5.32 Å². The van der Waals surface area contributed by atoms with Crippen molar-refractivity contribution in [1.82, 2.24) is 15.2 Å². The van der Waals surface area contributed by atoms with Gasteiger partial charge in [0.25, 0.3) is 5.91 Å². The van der Waals surface area contributed by atoms with Crippen LogP contribution in [-0.4, -0.2) is 65.3 Å². The average Bonchev–Trinajstić information content (AvgIpc) is 3.10. The van der Waals surface area contributed by atoms with Crippen molar-refractivity contribution in [2.24, 2.45) is 10.5 Å². The number of amides is 3. The summed E-state index contributed by atoms with van der Waals surface area (Å²) in [6.45, 7) is 5.99. The van der Waals surface area contributed by atoms with Crippen molar-refractivity contribution in [3.63, 3.8) is 0 Å². The van der Waals surface area contributed by atoms with Gasteiger partial charge < -0.3 is 15.0 Å². The van der Waals surface area contributed by atoms with Gasteiger partial charge in [0.05, 0.1) is 5.71 Å². The molecule has 2 aromatic carbocycles. The van der Waals surface area contributed by atoms with Crippen LogP contribution in [0.4, 0.5) is 4.79 Å². The molecule has 0 bridgehead atoms. The van der Waals surface area contributed by atoms with E-state index in [1.165, 1.54) is 5.01 Å². The second-order valence-corrected chi connectivity index (χ2v) is 11.8. The largest absolute Gasteiger partial charge is 0.444 e. The number of aryl methyl sites for hydroxylation is 1. The highest BCUT2D eigenvalue weighted by atomic mass is 79.9. The van der Waals surface area contributed by atoms with Gasteiger partial charge in [-0.05, 0) is 57.2 Å². The van der Waals surface area contributed by atoms with Crippen LogP contribution in [0.15, 0.2) is 64.2 Å². The van der Waals surface area contributed by atoms with Crippen LogP contribution in [0.3, 0.4) is 0 Å². The molecule has 4 rings (SSSR count). The summed E-state index contributed by atoms with van der Waals surface area (Å²) in [5.41, 5.74) is 1.25. The van der Waals surface area contributed by atoms with Crippen molar-refractivity contribution in [3.05, 3.63) is 70.2 Å². The van der Waals surface area contributed by atoms with Crippen molar-refractivity contribution in [1.29, 1.82) is 0 Å². The number of likely N-dealkylation sites (tertiary alicyclic amines) is 1. The molecule has 0 saturated carbocycles.